The minimum Gasteiger partial charge on any atom is -0.465 e. The van der Waals surface area contributed by atoms with Gasteiger partial charge in [0.05, 0.1) is 17.0 Å². The summed E-state index contributed by atoms with van der Waals surface area (Å²) in [5.41, 5.74) is 0.144. The van der Waals surface area contributed by atoms with Gasteiger partial charge in [-0.25, -0.2) is 22.0 Å². The molecular formula is C24H18ClF5N4O2S. The second kappa shape index (κ2) is 11.2. The maximum Gasteiger partial charge on any atom is 0.250 e. The van der Waals surface area contributed by atoms with Crippen molar-refractivity contribution in [2.75, 3.05) is 41.3 Å². The number of halogens is 6. The van der Waals surface area contributed by atoms with Crippen molar-refractivity contribution in [3.63, 3.8) is 0 Å². The molecule has 6 nitrogen and oxygen atoms in total. The van der Waals surface area contributed by atoms with Crippen LogP contribution in [0.4, 0.5) is 39.0 Å². The van der Waals surface area contributed by atoms with E-state index >= 15 is 0 Å². The number of amides is 1. The number of hydrogen-bond donors (Lipinski definition) is 2. The average molecular weight is 557 g/mol. The van der Waals surface area contributed by atoms with Crippen molar-refractivity contribution >= 4 is 58.0 Å². The van der Waals surface area contributed by atoms with Crippen LogP contribution in [-0.4, -0.2) is 37.2 Å². The first-order valence-electron chi connectivity index (χ1n) is 10.8. The number of thiocarbonyl (C=S) groups is 1. The average Bonchev–Trinajstić information content (AvgIpc) is 3.40. The second-order valence-corrected chi connectivity index (χ2v) is 8.67. The summed E-state index contributed by atoms with van der Waals surface area (Å²) in [4.78, 5) is 14.9. The topological polar surface area (TPSA) is 60.8 Å². The van der Waals surface area contributed by atoms with E-state index < -0.39 is 40.7 Å². The van der Waals surface area contributed by atoms with Crippen LogP contribution in [0.15, 0.2) is 47.1 Å². The standard InChI is InChI=1S/C24H18ClF5N4O2S/c25-15-12-13(31-24(37)32-17(35)6-4-14-2-1-11-36-14)3-5-16(15)33-7-9-34(10-8-33)23-21(29)19(27)18(26)20(28)22(23)30/h1-6,11-12H,7-10H2,(H2,31,32,35,37)/b6-4+. The van der Waals surface area contributed by atoms with E-state index in [0.29, 0.717) is 22.2 Å². The Hall–Kier alpha value is -3.64. The quantitative estimate of drug-likeness (QED) is 0.143. The third-order valence-corrected chi connectivity index (χ3v) is 6.01. The second-order valence-electron chi connectivity index (χ2n) is 7.85. The summed E-state index contributed by atoms with van der Waals surface area (Å²) in [6.07, 6.45) is 4.22. The van der Waals surface area contributed by atoms with Gasteiger partial charge < -0.3 is 19.5 Å². The van der Waals surface area contributed by atoms with Gasteiger partial charge in [0.2, 0.25) is 11.7 Å². The molecule has 0 radical (unpaired) electrons. The van der Waals surface area contributed by atoms with Crippen molar-refractivity contribution in [3.8, 4) is 0 Å². The molecule has 37 heavy (non-hydrogen) atoms. The number of nitrogens with zero attached hydrogens (tertiary/aromatic N) is 2. The zero-order chi connectivity index (χ0) is 26.7. The Morgan fingerprint density at radius 1 is 0.946 bits per heavy atom. The highest BCUT2D eigenvalue weighted by molar-refractivity contribution is 7.80. The van der Waals surface area contributed by atoms with Gasteiger partial charge in [0.15, 0.2) is 28.4 Å². The lowest BCUT2D eigenvalue weighted by Gasteiger charge is -2.38. The highest BCUT2D eigenvalue weighted by Gasteiger charge is 2.31. The monoisotopic (exact) mass is 556 g/mol. The van der Waals surface area contributed by atoms with Gasteiger partial charge >= 0.3 is 0 Å². The number of piperazine rings is 1. The third-order valence-electron chi connectivity index (χ3n) is 5.51. The molecule has 1 aliphatic heterocycles. The van der Waals surface area contributed by atoms with Crippen LogP contribution in [0.3, 0.4) is 0 Å². The molecule has 1 amide bonds. The fourth-order valence-corrected chi connectivity index (χ4v) is 4.26. The Balaban J connectivity index is 1.36. The van der Waals surface area contributed by atoms with Crippen LogP contribution < -0.4 is 20.4 Å². The van der Waals surface area contributed by atoms with E-state index in [-0.39, 0.29) is 31.3 Å². The summed E-state index contributed by atoms with van der Waals surface area (Å²) in [5, 5.41) is 5.68. The lowest BCUT2D eigenvalue weighted by molar-refractivity contribution is -0.115. The molecule has 1 aromatic heterocycles. The molecule has 1 aliphatic rings. The van der Waals surface area contributed by atoms with E-state index in [4.69, 9.17) is 28.2 Å². The lowest BCUT2D eigenvalue weighted by Crippen LogP contribution is -2.47. The van der Waals surface area contributed by atoms with Crippen molar-refractivity contribution < 1.29 is 31.2 Å². The van der Waals surface area contributed by atoms with Gasteiger partial charge in [-0.1, -0.05) is 11.6 Å². The lowest BCUT2D eigenvalue weighted by atomic mass is 10.2. The summed E-state index contributed by atoms with van der Waals surface area (Å²) < 4.78 is 73.9. The molecule has 2 heterocycles. The summed E-state index contributed by atoms with van der Waals surface area (Å²) >= 11 is 11.6. The van der Waals surface area contributed by atoms with Gasteiger partial charge in [-0.15, -0.1) is 0 Å². The number of anilines is 3. The van der Waals surface area contributed by atoms with Gasteiger partial charge in [0, 0.05) is 37.9 Å². The van der Waals surface area contributed by atoms with E-state index in [0.717, 1.165) is 4.90 Å². The summed E-state index contributed by atoms with van der Waals surface area (Å²) in [5.74, 6) is -9.85. The molecule has 3 aromatic rings. The van der Waals surface area contributed by atoms with E-state index in [2.05, 4.69) is 10.6 Å². The van der Waals surface area contributed by atoms with Crippen molar-refractivity contribution in [3.05, 3.63) is 82.5 Å². The molecule has 0 atom stereocenters. The highest BCUT2D eigenvalue weighted by Crippen LogP contribution is 2.33. The van der Waals surface area contributed by atoms with Gasteiger partial charge in [-0.3, -0.25) is 10.1 Å². The zero-order valence-electron chi connectivity index (χ0n) is 18.8. The fraction of sp³-hybridized carbons (Fsp3) is 0.167. The van der Waals surface area contributed by atoms with Gasteiger partial charge in [0.25, 0.3) is 0 Å². The van der Waals surface area contributed by atoms with Crippen molar-refractivity contribution in [2.24, 2.45) is 0 Å². The van der Waals surface area contributed by atoms with Crippen molar-refractivity contribution in [1.82, 2.24) is 5.32 Å². The third kappa shape index (κ3) is 5.86. The number of carbonyl (C=O) groups is 1. The molecule has 4 rings (SSSR count). The zero-order valence-corrected chi connectivity index (χ0v) is 20.4. The van der Waals surface area contributed by atoms with Crippen LogP contribution in [-0.2, 0) is 4.79 Å². The van der Waals surface area contributed by atoms with E-state index in [1.807, 2.05) is 4.90 Å². The number of benzene rings is 2. The Bertz CT molecular complexity index is 1330. The predicted molar refractivity (Wildman–Crippen MR) is 134 cm³/mol. The van der Waals surface area contributed by atoms with Crippen LogP contribution in [0.5, 0.6) is 0 Å². The number of furan rings is 1. The summed E-state index contributed by atoms with van der Waals surface area (Å²) in [6, 6.07) is 8.28. The highest BCUT2D eigenvalue weighted by atomic mass is 35.5. The van der Waals surface area contributed by atoms with E-state index in [1.165, 1.54) is 18.4 Å². The van der Waals surface area contributed by atoms with Crippen LogP contribution in [0.1, 0.15) is 5.76 Å². The molecule has 0 bridgehead atoms. The Kier molecular flexibility index (Phi) is 7.98. The minimum atomic E-state index is -2.19. The van der Waals surface area contributed by atoms with Crippen LogP contribution >= 0.6 is 23.8 Å². The van der Waals surface area contributed by atoms with Gasteiger partial charge in [0.1, 0.15) is 11.4 Å². The van der Waals surface area contributed by atoms with Crippen LogP contribution in [0.2, 0.25) is 5.02 Å². The molecule has 1 saturated heterocycles. The molecule has 2 aromatic carbocycles. The number of hydrogen-bond acceptors (Lipinski definition) is 5. The normalized spacial score (nSPS) is 13.8. The van der Waals surface area contributed by atoms with E-state index in [1.54, 1.807) is 30.3 Å². The fourth-order valence-electron chi connectivity index (χ4n) is 3.74. The summed E-state index contributed by atoms with van der Waals surface area (Å²) in [6.45, 7) is 0.414. The van der Waals surface area contributed by atoms with Crippen LogP contribution in [0, 0.1) is 29.1 Å². The molecule has 0 spiro atoms. The molecule has 194 valence electrons. The minimum absolute atomic E-state index is 0.00365. The smallest absolute Gasteiger partial charge is 0.250 e. The van der Waals surface area contributed by atoms with Crippen molar-refractivity contribution in [1.29, 1.82) is 0 Å². The molecule has 1 fully saturated rings. The number of nitrogens with one attached hydrogen (secondary N) is 2. The SMILES string of the molecule is O=C(/C=C/c1ccco1)NC(=S)Nc1ccc(N2CCN(c3c(F)c(F)c(F)c(F)c3F)CC2)c(Cl)c1. The molecular weight excluding hydrogens is 539 g/mol. The van der Waals surface area contributed by atoms with Gasteiger partial charge in [-0.2, -0.15) is 0 Å². The summed E-state index contributed by atoms with van der Waals surface area (Å²) in [7, 11) is 0. The Morgan fingerprint density at radius 3 is 2.16 bits per heavy atom. The number of rotatable bonds is 5. The molecule has 13 heteroatoms. The van der Waals surface area contributed by atoms with E-state index in [9.17, 15) is 26.7 Å². The molecule has 0 unspecified atom stereocenters. The maximum atomic E-state index is 14.2. The predicted octanol–water partition coefficient (Wildman–Crippen LogP) is 5.48. The van der Waals surface area contributed by atoms with Crippen LogP contribution in [0.25, 0.3) is 6.08 Å². The Labute approximate surface area is 218 Å². The van der Waals surface area contributed by atoms with Gasteiger partial charge in [-0.05, 0) is 48.6 Å². The first kappa shape index (κ1) is 26.4. The number of carbonyl (C=O) groups excluding carboxylic acids is 1. The first-order valence-corrected chi connectivity index (χ1v) is 11.6. The maximum absolute atomic E-state index is 14.2. The van der Waals surface area contributed by atoms with Crippen molar-refractivity contribution in [2.45, 2.75) is 0 Å². The Morgan fingerprint density at radius 2 is 1.57 bits per heavy atom. The molecule has 2 N–H and O–H groups in total. The first-order chi connectivity index (χ1) is 17.7. The largest absolute Gasteiger partial charge is 0.465 e. The molecule has 0 saturated carbocycles. The molecule has 0 aliphatic carbocycles.